The lowest BCUT2D eigenvalue weighted by Gasteiger charge is -2.29. The first-order chi connectivity index (χ1) is 14.8. The number of hydrogen-bond acceptors (Lipinski definition) is 5. The Morgan fingerprint density at radius 1 is 1.13 bits per heavy atom. The maximum absolute atomic E-state index is 13.4. The Morgan fingerprint density at radius 2 is 1.81 bits per heavy atom. The van der Waals surface area contributed by atoms with Gasteiger partial charge in [0.15, 0.2) is 0 Å². The van der Waals surface area contributed by atoms with Gasteiger partial charge in [0.1, 0.15) is 23.6 Å². The van der Waals surface area contributed by atoms with Crippen molar-refractivity contribution in [2.75, 3.05) is 13.7 Å². The van der Waals surface area contributed by atoms with Gasteiger partial charge in [0, 0.05) is 19.0 Å². The average molecular weight is 423 g/mol. The van der Waals surface area contributed by atoms with E-state index < -0.39 is 23.3 Å². The van der Waals surface area contributed by atoms with Crippen LogP contribution in [0.5, 0.6) is 5.75 Å². The van der Waals surface area contributed by atoms with Crippen LogP contribution in [0.4, 0.5) is 0 Å². The highest BCUT2D eigenvalue weighted by atomic mass is 16.5. The van der Waals surface area contributed by atoms with Gasteiger partial charge in [-0.05, 0) is 37.1 Å². The Kier molecular flexibility index (Phi) is 5.31. The average Bonchev–Trinajstić information content (AvgIpc) is 3.20. The van der Waals surface area contributed by atoms with Gasteiger partial charge in [-0.1, -0.05) is 36.4 Å². The number of fused-ring (bicyclic) bond motifs is 1. The summed E-state index contributed by atoms with van der Waals surface area (Å²) in [6.07, 6.45) is 0.211. The standard InChI is InChI=1S/C24H26N2O5/c1-4-31-23(30)24(13-15-9-11-16(27)12-10-15)19-18(21(28)26(3)22(19)29)20(25-24)17-8-6-5-7-14(17)2/h5-12,18-20,25,27H,4,13H2,1-3H3/p+1/t18-,19-,20-,24+/m0/s1. The SMILES string of the molecule is CCOC(=O)[C@]1(Cc2ccc(O)cc2)[NH2+][C@@H](c2ccccc2C)[C@H]2C(=O)N(C)C(=O)[C@H]21. The van der Waals surface area contributed by atoms with Gasteiger partial charge in [-0.25, -0.2) is 4.79 Å². The molecule has 0 radical (unpaired) electrons. The van der Waals surface area contributed by atoms with Crippen LogP contribution in [0.1, 0.15) is 29.7 Å². The predicted molar refractivity (Wildman–Crippen MR) is 112 cm³/mol. The Balaban J connectivity index is 1.87. The van der Waals surface area contributed by atoms with Gasteiger partial charge < -0.3 is 15.2 Å². The summed E-state index contributed by atoms with van der Waals surface area (Å²) in [5, 5.41) is 11.5. The van der Waals surface area contributed by atoms with E-state index in [9.17, 15) is 19.5 Å². The van der Waals surface area contributed by atoms with Crippen LogP contribution >= 0.6 is 0 Å². The number of carbonyl (C=O) groups is 3. The first-order valence-corrected chi connectivity index (χ1v) is 10.5. The molecule has 162 valence electrons. The van der Waals surface area contributed by atoms with E-state index in [1.807, 2.05) is 36.5 Å². The number of aryl methyl sites for hydroxylation is 1. The van der Waals surface area contributed by atoms with E-state index in [0.717, 1.165) is 21.6 Å². The predicted octanol–water partition coefficient (Wildman–Crippen LogP) is 1.09. The van der Waals surface area contributed by atoms with Crippen molar-refractivity contribution < 1.29 is 29.5 Å². The van der Waals surface area contributed by atoms with Gasteiger partial charge in [0.05, 0.1) is 6.61 Å². The van der Waals surface area contributed by atoms with E-state index in [-0.39, 0.29) is 36.6 Å². The summed E-state index contributed by atoms with van der Waals surface area (Å²) >= 11 is 0. The molecule has 2 fully saturated rings. The molecule has 3 N–H and O–H groups in total. The largest absolute Gasteiger partial charge is 0.508 e. The molecule has 0 aliphatic carbocycles. The molecular weight excluding hydrogens is 396 g/mol. The number of amides is 2. The van der Waals surface area contributed by atoms with Crippen molar-refractivity contribution in [3.05, 3.63) is 65.2 Å². The number of quaternary nitrogens is 1. The summed E-state index contributed by atoms with van der Waals surface area (Å²) in [5.74, 6) is -2.48. The van der Waals surface area contributed by atoms with Crippen molar-refractivity contribution in [3.63, 3.8) is 0 Å². The summed E-state index contributed by atoms with van der Waals surface area (Å²) < 4.78 is 5.46. The van der Waals surface area contributed by atoms with E-state index in [0.29, 0.717) is 0 Å². The topological polar surface area (TPSA) is 101 Å². The Hall–Kier alpha value is -3.19. The number of likely N-dealkylation sites (tertiary alicyclic amines) is 1. The van der Waals surface area contributed by atoms with Crippen LogP contribution in [0.2, 0.25) is 0 Å². The first kappa shape index (κ1) is 21.1. The smallest absolute Gasteiger partial charge is 0.369 e. The number of carbonyl (C=O) groups excluding carboxylic acids is 3. The number of benzene rings is 2. The molecule has 0 unspecified atom stereocenters. The number of hydrogen-bond donors (Lipinski definition) is 2. The zero-order valence-electron chi connectivity index (χ0n) is 17.9. The highest BCUT2D eigenvalue weighted by Crippen LogP contribution is 2.45. The highest BCUT2D eigenvalue weighted by molar-refractivity contribution is 6.08. The fraction of sp³-hybridized carbons (Fsp3) is 0.375. The second-order valence-electron chi connectivity index (χ2n) is 8.39. The number of nitrogens with zero attached hydrogens (tertiary/aromatic N) is 1. The third-order valence-corrected chi connectivity index (χ3v) is 6.63. The summed E-state index contributed by atoms with van der Waals surface area (Å²) in [4.78, 5) is 41.0. The summed E-state index contributed by atoms with van der Waals surface area (Å²) in [5.41, 5.74) is 1.44. The number of esters is 1. The van der Waals surface area contributed by atoms with Crippen molar-refractivity contribution in [3.8, 4) is 5.75 Å². The molecular formula is C24H27N2O5+. The molecule has 0 spiro atoms. The van der Waals surface area contributed by atoms with Crippen LogP contribution in [0, 0.1) is 18.8 Å². The lowest BCUT2D eigenvalue weighted by atomic mass is 9.76. The van der Waals surface area contributed by atoms with E-state index in [1.54, 1.807) is 31.2 Å². The minimum atomic E-state index is -1.28. The van der Waals surface area contributed by atoms with Crippen LogP contribution in [0.15, 0.2) is 48.5 Å². The number of rotatable bonds is 5. The number of ether oxygens (including phenoxy) is 1. The second-order valence-corrected chi connectivity index (χ2v) is 8.39. The zero-order valence-corrected chi connectivity index (χ0v) is 17.9. The van der Waals surface area contributed by atoms with E-state index in [4.69, 9.17) is 4.74 Å². The molecule has 4 rings (SSSR count). The minimum Gasteiger partial charge on any atom is -0.508 e. The molecule has 0 bridgehead atoms. The Labute approximate surface area is 181 Å². The number of phenolic OH excluding ortho intramolecular Hbond substituents is 1. The van der Waals surface area contributed by atoms with Gasteiger partial charge in [0.25, 0.3) is 0 Å². The second kappa shape index (κ2) is 7.81. The summed E-state index contributed by atoms with van der Waals surface area (Å²) in [6.45, 7) is 3.87. The van der Waals surface area contributed by atoms with E-state index in [2.05, 4.69) is 0 Å². The molecule has 7 heteroatoms. The van der Waals surface area contributed by atoms with Gasteiger partial charge in [0.2, 0.25) is 17.4 Å². The zero-order chi connectivity index (χ0) is 22.3. The van der Waals surface area contributed by atoms with Gasteiger partial charge in [-0.3, -0.25) is 14.5 Å². The van der Waals surface area contributed by atoms with Crippen molar-refractivity contribution in [1.29, 1.82) is 0 Å². The molecule has 2 aromatic carbocycles. The minimum absolute atomic E-state index is 0.117. The van der Waals surface area contributed by atoms with Crippen LogP contribution in [0.25, 0.3) is 0 Å². The first-order valence-electron chi connectivity index (χ1n) is 10.5. The molecule has 2 heterocycles. The fourth-order valence-electron chi connectivity index (χ4n) is 5.16. The van der Waals surface area contributed by atoms with Crippen LogP contribution in [0.3, 0.4) is 0 Å². The lowest BCUT2D eigenvalue weighted by molar-refractivity contribution is -0.734. The molecule has 2 aliphatic rings. The van der Waals surface area contributed by atoms with Crippen LogP contribution < -0.4 is 5.32 Å². The van der Waals surface area contributed by atoms with Gasteiger partial charge in [-0.15, -0.1) is 0 Å². The molecule has 7 nitrogen and oxygen atoms in total. The number of imide groups is 1. The molecule has 2 saturated heterocycles. The van der Waals surface area contributed by atoms with Crippen molar-refractivity contribution in [2.24, 2.45) is 11.8 Å². The van der Waals surface area contributed by atoms with Crippen molar-refractivity contribution in [1.82, 2.24) is 4.90 Å². The molecule has 0 saturated carbocycles. The number of phenols is 1. The van der Waals surface area contributed by atoms with Gasteiger partial charge in [-0.2, -0.15) is 0 Å². The number of nitrogens with two attached hydrogens (primary N) is 1. The van der Waals surface area contributed by atoms with E-state index >= 15 is 0 Å². The third-order valence-electron chi connectivity index (χ3n) is 6.63. The Bertz CT molecular complexity index is 1030. The summed E-state index contributed by atoms with van der Waals surface area (Å²) in [6, 6.07) is 13.9. The normalized spacial score (nSPS) is 27.5. The quantitative estimate of drug-likeness (QED) is 0.554. The van der Waals surface area contributed by atoms with Crippen LogP contribution in [-0.4, -0.2) is 47.0 Å². The highest BCUT2D eigenvalue weighted by Gasteiger charge is 2.72. The third kappa shape index (κ3) is 3.29. The molecule has 2 aliphatic heterocycles. The maximum atomic E-state index is 13.4. The van der Waals surface area contributed by atoms with Crippen molar-refractivity contribution in [2.45, 2.75) is 31.8 Å². The maximum Gasteiger partial charge on any atom is 0.369 e. The van der Waals surface area contributed by atoms with E-state index in [1.165, 1.54) is 7.05 Å². The molecule has 4 atom stereocenters. The van der Waals surface area contributed by atoms with Crippen molar-refractivity contribution >= 4 is 17.8 Å². The summed E-state index contributed by atoms with van der Waals surface area (Å²) in [7, 11) is 1.48. The Morgan fingerprint density at radius 3 is 2.45 bits per heavy atom. The molecule has 2 aromatic rings. The lowest BCUT2D eigenvalue weighted by Crippen LogP contribution is -2.98. The van der Waals surface area contributed by atoms with Crippen LogP contribution in [-0.2, 0) is 25.5 Å². The molecule has 31 heavy (non-hydrogen) atoms. The molecule has 2 amide bonds. The number of aromatic hydroxyl groups is 1. The van der Waals surface area contributed by atoms with Gasteiger partial charge >= 0.3 is 5.97 Å². The fourth-order valence-corrected chi connectivity index (χ4v) is 5.16. The monoisotopic (exact) mass is 423 g/mol. The molecule has 0 aromatic heterocycles.